The van der Waals surface area contributed by atoms with E-state index in [1.165, 1.54) is 37.4 Å². The fourth-order valence-corrected chi connectivity index (χ4v) is 3.78. The largest absolute Gasteiger partial charge is 0.494 e. The normalized spacial score (nSPS) is 11.4. The van der Waals surface area contributed by atoms with Crippen LogP contribution in [0.5, 0.6) is 5.75 Å². The lowest BCUT2D eigenvalue weighted by Gasteiger charge is -2.09. The number of ether oxygens (including phenoxy) is 1. The Bertz CT molecular complexity index is 778. The highest BCUT2D eigenvalue weighted by Crippen LogP contribution is 2.27. The van der Waals surface area contributed by atoms with Crippen LogP contribution in [-0.4, -0.2) is 15.5 Å². The number of sulfone groups is 1. The highest BCUT2D eigenvalue weighted by molar-refractivity contribution is 7.90. The van der Waals surface area contributed by atoms with Crippen LogP contribution in [0, 0.1) is 5.82 Å². The Balaban J connectivity index is 2.37. The molecule has 0 spiro atoms. The summed E-state index contributed by atoms with van der Waals surface area (Å²) in [6.07, 6.45) is 0. The Morgan fingerprint density at radius 2 is 1.95 bits per heavy atom. The average Bonchev–Trinajstić information content (AvgIpc) is 2.41. The maximum absolute atomic E-state index is 13.6. The van der Waals surface area contributed by atoms with E-state index in [0.717, 1.165) is 6.07 Å². The lowest BCUT2D eigenvalue weighted by atomic mass is 10.2. The average molecular weight is 330 g/mol. The van der Waals surface area contributed by atoms with Gasteiger partial charge in [0.2, 0.25) is 0 Å². The van der Waals surface area contributed by atoms with E-state index < -0.39 is 15.7 Å². The van der Waals surface area contributed by atoms with Crippen molar-refractivity contribution in [3.05, 3.63) is 52.8 Å². The van der Waals surface area contributed by atoms with Gasteiger partial charge in [0.05, 0.1) is 22.8 Å². The lowest BCUT2D eigenvalue weighted by Crippen LogP contribution is -2.07. The Hall–Kier alpha value is -1.79. The van der Waals surface area contributed by atoms with Gasteiger partial charge in [-0.3, -0.25) is 0 Å². The summed E-state index contributed by atoms with van der Waals surface area (Å²) >= 11 is 5.90. The maximum Gasteiger partial charge on any atom is 0.184 e. The molecule has 4 nitrogen and oxygen atoms in total. The van der Waals surface area contributed by atoms with Crippen molar-refractivity contribution in [1.29, 1.82) is 0 Å². The van der Waals surface area contributed by atoms with Crippen molar-refractivity contribution < 1.29 is 17.5 Å². The molecule has 0 aliphatic carbocycles. The van der Waals surface area contributed by atoms with E-state index in [0.29, 0.717) is 11.3 Å². The zero-order chi connectivity index (χ0) is 15.6. The van der Waals surface area contributed by atoms with Gasteiger partial charge in [0.25, 0.3) is 0 Å². The van der Waals surface area contributed by atoms with Gasteiger partial charge < -0.3 is 10.5 Å². The van der Waals surface area contributed by atoms with Crippen LogP contribution in [0.4, 0.5) is 10.1 Å². The monoisotopic (exact) mass is 329 g/mol. The highest BCUT2D eigenvalue weighted by Gasteiger charge is 2.20. The van der Waals surface area contributed by atoms with Crippen molar-refractivity contribution in [3.8, 4) is 5.75 Å². The summed E-state index contributed by atoms with van der Waals surface area (Å²) in [5, 5.41) is 0.0817. The first kappa shape index (κ1) is 15.6. The summed E-state index contributed by atoms with van der Waals surface area (Å²) in [6.45, 7) is 0. The van der Waals surface area contributed by atoms with Gasteiger partial charge in [0.15, 0.2) is 21.4 Å². The third-order valence-corrected chi connectivity index (χ3v) is 5.03. The number of hydrogen-bond acceptors (Lipinski definition) is 4. The number of anilines is 1. The number of methoxy groups -OCH3 is 1. The van der Waals surface area contributed by atoms with Crippen LogP contribution in [0.1, 0.15) is 5.56 Å². The number of rotatable bonds is 4. The summed E-state index contributed by atoms with van der Waals surface area (Å²) in [5.74, 6) is -0.945. The summed E-state index contributed by atoms with van der Waals surface area (Å²) < 4.78 is 43.1. The zero-order valence-corrected chi connectivity index (χ0v) is 12.7. The van der Waals surface area contributed by atoms with E-state index in [9.17, 15) is 12.8 Å². The molecule has 0 unspecified atom stereocenters. The molecule has 2 aromatic rings. The van der Waals surface area contributed by atoms with E-state index in [2.05, 4.69) is 0 Å². The van der Waals surface area contributed by atoms with E-state index in [1.54, 1.807) is 0 Å². The number of benzene rings is 2. The first-order valence-corrected chi connectivity index (χ1v) is 7.96. The Morgan fingerprint density at radius 1 is 1.24 bits per heavy atom. The maximum atomic E-state index is 13.6. The first-order valence-electron chi connectivity index (χ1n) is 5.93. The summed E-state index contributed by atoms with van der Waals surface area (Å²) in [4.78, 5) is -0.0691. The van der Waals surface area contributed by atoms with Crippen molar-refractivity contribution in [2.24, 2.45) is 0 Å². The van der Waals surface area contributed by atoms with E-state index in [4.69, 9.17) is 22.1 Å². The molecule has 0 amide bonds. The molecular weight excluding hydrogens is 317 g/mol. The minimum atomic E-state index is -3.72. The predicted octanol–water partition coefficient (Wildman–Crippen LogP) is 3.04. The Morgan fingerprint density at radius 3 is 2.57 bits per heavy atom. The van der Waals surface area contributed by atoms with Gasteiger partial charge in [-0.2, -0.15) is 0 Å². The second-order valence-corrected chi connectivity index (χ2v) is 6.78. The van der Waals surface area contributed by atoms with Gasteiger partial charge >= 0.3 is 0 Å². The molecule has 7 heteroatoms. The van der Waals surface area contributed by atoms with Crippen LogP contribution >= 0.6 is 11.6 Å². The highest BCUT2D eigenvalue weighted by atomic mass is 35.5. The summed E-state index contributed by atoms with van der Waals surface area (Å²) in [5.41, 5.74) is 6.17. The third kappa shape index (κ3) is 3.46. The molecule has 2 rings (SSSR count). The fourth-order valence-electron chi connectivity index (χ4n) is 1.86. The first-order chi connectivity index (χ1) is 9.83. The smallest absolute Gasteiger partial charge is 0.184 e. The molecule has 0 aromatic heterocycles. The summed E-state index contributed by atoms with van der Waals surface area (Å²) in [7, 11) is -2.39. The van der Waals surface area contributed by atoms with Gasteiger partial charge in [-0.05, 0) is 35.9 Å². The number of nitrogen functional groups attached to an aromatic ring is 1. The molecule has 0 aliphatic heterocycles. The Labute approximate surface area is 127 Å². The number of nitrogens with two attached hydrogens (primary N) is 1. The standard InChI is InChI=1S/C14H13ClFNO3S/c1-20-13-5-2-9(6-12(13)16)8-21(18,19)14-7-10(17)3-4-11(14)15/h2-7H,8,17H2,1H3. The van der Waals surface area contributed by atoms with Crippen molar-refractivity contribution in [3.63, 3.8) is 0 Å². The zero-order valence-electron chi connectivity index (χ0n) is 11.1. The molecule has 0 atom stereocenters. The lowest BCUT2D eigenvalue weighted by molar-refractivity contribution is 0.386. The van der Waals surface area contributed by atoms with Crippen molar-refractivity contribution in [1.82, 2.24) is 0 Å². The van der Waals surface area contributed by atoms with Crippen LogP contribution < -0.4 is 10.5 Å². The molecule has 0 fully saturated rings. The second kappa shape index (κ2) is 5.91. The summed E-state index contributed by atoms with van der Waals surface area (Å²) in [6, 6.07) is 8.20. The van der Waals surface area contributed by atoms with Gasteiger partial charge in [-0.1, -0.05) is 17.7 Å². The molecule has 2 N–H and O–H groups in total. The van der Waals surface area contributed by atoms with E-state index >= 15 is 0 Å². The molecule has 0 aliphatic rings. The van der Waals surface area contributed by atoms with Crippen molar-refractivity contribution >= 4 is 27.1 Å². The van der Waals surface area contributed by atoms with Crippen LogP contribution in [0.15, 0.2) is 41.3 Å². The SMILES string of the molecule is COc1ccc(CS(=O)(=O)c2cc(N)ccc2Cl)cc1F. The number of halogens is 2. The van der Waals surface area contributed by atoms with Crippen LogP contribution in [0.3, 0.4) is 0 Å². The van der Waals surface area contributed by atoms with Crippen LogP contribution in [-0.2, 0) is 15.6 Å². The molecule has 0 saturated heterocycles. The predicted molar refractivity (Wildman–Crippen MR) is 79.7 cm³/mol. The number of hydrogen-bond donors (Lipinski definition) is 1. The topological polar surface area (TPSA) is 69.4 Å². The van der Waals surface area contributed by atoms with Gasteiger partial charge in [0, 0.05) is 5.69 Å². The second-order valence-electron chi connectivity index (χ2n) is 4.42. The quantitative estimate of drug-likeness (QED) is 0.875. The third-order valence-electron chi connectivity index (χ3n) is 2.86. The molecule has 0 saturated carbocycles. The Kier molecular flexibility index (Phi) is 4.39. The molecule has 2 aromatic carbocycles. The molecular formula is C14H13ClFNO3S. The molecule has 112 valence electrons. The van der Waals surface area contributed by atoms with Crippen molar-refractivity contribution in [2.75, 3.05) is 12.8 Å². The van der Waals surface area contributed by atoms with Gasteiger partial charge in [0.1, 0.15) is 0 Å². The van der Waals surface area contributed by atoms with Crippen LogP contribution in [0.25, 0.3) is 0 Å². The van der Waals surface area contributed by atoms with Crippen LogP contribution in [0.2, 0.25) is 5.02 Å². The van der Waals surface area contributed by atoms with E-state index in [1.807, 2.05) is 0 Å². The molecule has 21 heavy (non-hydrogen) atoms. The minimum absolute atomic E-state index is 0.0538. The molecule has 0 radical (unpaired) electrons. The molecule has 0 heterocycles. The van der Waals surface area contributed by atoms with Gasteiger partial charge in [-0.25, -0.2) is 12.8 Å². The van der Waals surface area contributed by atoms with Crippen molar-refractivity contribution in [2.45, 2.75) is 10.6 Å². The van der Waals surface area contributed by atoms with E-state index in [-0.39, 0.29) is 21.4 Å². The minimum Gasteiger partial charge on any atom is -0.494 e. The molecule has 0 bridgehead atoms. The fraction of sp³-hybridized carbons (Fsp3) is 0.143. The van der Waals surface area contributed by atoms with Gasteiger partial charge in [-0.15, -0.1) is 0 Å².